The van der Waals surface area contributed by atoms with Crippen molar-refractivity contribution >= 4 is 23.4 Å². The molecule has 0 unspecified atom stereocenters. The number of benzene rings is 1. The van der Waals surface area contributed by atoms with Crippen molar-refractivity contribution in [1.82, 2.24) is 5.32 Å². The van der Waals surface area contributed by atoms with Gasteiger partial charge in [-0.15, -0.1) is 0 Å². The van der Waals surface area contributed by atoms with Gasteiger partial charge in [-0.05, 0) is 37.1 Å². The Kier molecular flexibility index (Phi) is 6.06. The van der Waals surface area contributed by atoms with E-state index in [4.69, 9.17) is 11.6 Å². The zero-order valence-corrected chi connectivity index (χ0v) is 10.3. The Balaban J connectivity index is 2.37. The molecule has 0 aliphatic heterocycles. The zero-order valence-electron chi connectivity index (χ0n) is 8.72. The summed E-state index contributed by atoms with van der Waals surface area (Å²) in [6.07, 6.45) is 3.17. The van der Waals surface area contributed by atoms with Crippen LogP contribution in [0.4, 0.5) is 4.39 Å². The van der Waals surface area contributed by atoms with E-state index in [1.165, 1.54) is 6.07 Å². The van der Waals surface area contributed by atoms with Crippen molar-refractivity contribution in [3.05, 3.63) is 34.6 Å². The lowest BCUT2D eigenvalue weighted by Gasteiger charge is -2.07. The van der Waals surface area contributed by atoms with E-state index in [1.54, 1.807) is 12.1 Å². The molecule has 1 aromatic carbocycles. The number of nitrogens with one attached hydrogen (secondary N) is 1. The third-order valence-corrected chi connectivity index (χ3v) is 3.12. The Labute approximate surface area is 99.4 Å². The second-order valence-electron chi connectivity index (χ2n) is 3.22. The minimum Gasteiger partial charge on any atom is -0.312 e. The molecule has 0 saturated heterocycles. The van der Waals surface area contributed by atoms with Crippen LogP contribution in [0.3, 0.4) is 0 Å². The lowest BCUT2D eigenvalue weighted by Crippen LogP contribution is -2.16. The maximum absolute atomic E-state index is 13.3. The van der Waals surface area contributed by atoms with Crippen LogP contribution in [0.2, 0.25) is 5.02 Å². The predicted octanol–water partition coefficient (Wildman–Crippen LogP) is 3.32. The van der Waals surface area contributed by atoms with Crippen LogP contribution in [0.1, 0.15) is 12.0 Å². The molecule has 4 heteroatoms. The van der Waals surface area contributed by atoms with Crippen LogP contribution in [0, 0.1) is 5.82 Å². The van der Waals surface area contributed by atoms with Gasteiger partial charge in [0.1, 0.15) is 5.82 Å². The highest BCUT2D eigenvalue weighted by Crippen LogP contribution is 2.18. The van der Waals surface area contributed by atoms with Crippen molar-refractivity contribution in [2.75, 3.05) is 18.6 Å². The summed E-state index contributed by atoms with van der Waals surface area (Å²) < 4.78 is 13.3. The van der Waals surface area contributed by atoms with Gasteiger partial charge in [0, 0.05) is 17.1 Å². The van der Waals surface area contributed by atoms with Gasteiger partial charge in [0.25, 0.3) is 0 Å². The molecule has 0 aromatic heterocycles. The van der Waals surface area contributed by atoms with Gasteiger partial charge < -0.3 is 5.32 Å². The Hall–Kier alpha value is -0.250. The molecule has 84 valence electrons. The topological polar surface area (TPSA) is 12.0 Å². The molecule has 1 nitrogen and oxygen atoms in total. The summed E-state index contributed by atoms with van der Waals surface area (Å²) in [6, 6.07) is 4.77. The number of hydrogen-bond donors (Lipinski definition) is 1. The second kappa shape index (κ2) is 7.09. The summed E-state index contributed by atoms with van der Waals surface area (Å²) in [6.45, 7) is 1.39. The lowest BCUT2D eigenvalue weighted by atomic mass is 10.2. The van der Waals surface area contributed by atoms with Gasteiger partial charge in [0.15, 0.2) is 0 Å². The van der Waals surface area contributed by atoms with Crippen LogP contribution in [0.5, 0.6) is 0 Å². The van der Waals surface area contributed by atoms with Crippen molar-refractivity contribution in [3.63, 3.8) is 0 Å². The molecule has 0 atom stereocenters. The molecule has 0 saturated carbocycles. The van der Waals surface area contributed by atoms with Gasteiger partial charge >= 0.3 is 0 Å². The van der Waals surface area contributed by atoms with Crippen LogP contribution in [0.15, 0.2) is 18.2 Å². The van der Waals surface area contributed by atoms with E-state index in [-0.39, 0.29) is 5.82 Å². The van der Waals surface area contributed by atoms with Crippen LogP contribution < -0.4 is 5.32 Å². The molecule has 0 radical (unpaired) electrons. The van der Waals surface area contributed by atoms with Crippen molar-refractivity contribution in [3.8, 4) is 0 Å². The highest BCUT2D eigenvalue weighted by atomic mass is 35.5. The molecule has 0 fully saturated rings. The first-order chi connectivity index (χ1) is 7.25. The Morgan fingerprint density at radius 2 is 2.27 bits per heavy atom. The summed E-state index contributed by atoms with van der Waals surface area (Å²) in [5, 5.41) is 3.67. The van der Waals surface area contributed by atoms with Crippen molar-refractivity contribution in [1.29, 1.82) is 0 Å². The molecular formula is C11H15ClFNS. The van der Waals surface area contributed by atoms with E-state index >= 15 is 0 Å². The van der Waals surface area contributed by atoms with Crippen LogP contribution in [0.25, 0.3) is 0 Å². The number of hydrogen-bond acceptors (Lipinski definition) is 2. The van der Waals surface area contributed by atoms with Crippen molar-refractivity contribution in [2.24, 2.45) is 0 Å². The zero-order chi connectivity index (χ0) is 11.1. The molecule has 0 spiro atoms. The van der Waals surface area contributed by atoms with Crippen molar-refractivity contribution < 1.29 is 4.39 Å². The van der Waals surface area contributed by atoms with Crippen LogP contribution in [-0.4, -0.2) is 18.6 Å². The third kappa shape index (κ3) is 4.41. The fourth-order valence-electron chi connectivity index (χ4n) is 1.26. The largest absolute Gasteiger partial charge is 0.312 e. The van der Waals surface area contributed by atoms with Gasteiger partial charge in [-0.2, -0.15) is 11.8 Å². The molecule has 1 rings (SSSR count). The van der Waals surface area contributed by atoms with Crippen molar-refractivity contribution in [2.45, 2.75) is 13.0 Å². The van der Waals surface area contributed by atoms with E-state index < -0.39 is 0 Å². The standard InChI is InChI=1S/C11H15ClFNS/c1-15-7-3-6-14-8-9-10(12)4-2-5-11(9)13/h2,4-5,14H,3,6-8H2,1H3. The monoisotopic (exact) mass is 247 g/mol. The number of halogens is 2. The Bertz CT molecular complexity index is 286. The summed E-state index contributed by atoms with van der Waals surface area (Å²) >= 11 is 7.70. The van der Waals surface area contributed by atoms with Crippen LogP contribution in [-0.2, 0) is 6.54 Å². The number of rotatable bonds is 6. The molecule has 0 heterocycles. The molecule has 15 heavy (non-hydrogen) atoms. The van der Waals surface area contributed by atoms with E-state index in [2.05, 4.69) is 11.6 Å². The smallest absolute Gasteiger partial charge is 0.129 e. The van der Waals surface area contributed by atoms with Gasteiger partial charge in [-0.1, -0.05) is 17.7 Å². The van der Waals surface area contributed by atoms with Gasteiger partial charge in [0.2, 0.25) is 0 Å². The third-order valence-electron chi connectivity index (χ3n) is 2.07. The molecule has 1 aromatic rings. The summed E-state index contributed by atoms with van der Waals surface area (Å²) in [7, 11) is 0. The molecule has 0 aliphatic rings. The van der Waals surface area contributed by atoms with Gasteiger partial charge in [0.05, 0.1) is 0 Å². The maximum Gasteiger partial charge on any atom is 0.129 e. The van der Waals surface area contributed by atoms with E-state index in [0.717, 1.165) is 18.7 Å². The molecular weight excluding hydrogens is 233 g/mol. The number of thioether (sulfide) groups is 1. The Morgan fingerprint density at radius 1 is 1.47 bits per heavy atom. The first-order valence-electron chi connectivity index (χ1n) is 4.88. The summed E-state index contributed by atoms with van der Waals surface area (Å²) in [4.78, 5) is 0. The summed E-state index contributed by atoms with van der Waals surface area (Å²) in [5.41, 5.74) is 0.559. The first-order valence-corrected chi connectivity index (χ1v) is 6.65. The maximum atomic E-state index is 13.3. The van der Waals surface area contributed by atoms with Gasteiger partial charge in [-0.3, -0.25) is 0 Å². The average molecular weight is 248 g/mol. The minimum absolute atomic E-state index is 0.236. The van der Waals surface area contributed by atoms with Gasteiger partial charge in [-0.25, -0.2) is 4.39 Å². The molecule has 1 N–H and O–H groups in total. The predicted molar refractivity (Wildman–Crippen MR) is 66.1 cm³/mol. The fourth-order valence-corrected chi connectivity index (χ4v) is 1.92. The lowest BCUT2D eigenvalue weighted by molar-refractivity contribution is 0.587. The molecule has 0 bridgehead atoms. The summed E-state index contributed by atoms with van der Waals surface area (Å²) in [5.74, 6) is 0.887. The first kappa shape index (κ1) is 12.8. The Morgan fingerprint density at radius 3 is 2.93 bits per heavy atom. The van der Waals surface area contributed by atoms with E-state index in [0.29, 0.717) is 17.1 Å². The highest BCUT2D eigenvalue weighted by molar-refractivity contribution is 7.98. The minimum atomic E-state index is -0.236. The fraction of sp³-hybridized carbons (Fsp3) is 0.455. The normalized spacial score (nSPS) is 10.6. The second-order valence-corrected chi connectivity index (χ2v) is 4.62. The SMILES string of the molecule is CSCCCNCc1c(F)cccc1Cl. The highest BCUT2D eigenvalue weighted by Gasteiger charge is 2.05. The average Bonchev–Trinajstić information content (AvgIpc) is 2.21. The molecule has 0 amide bonds. The van der Waals surface area contributed by atoms with Crippen LogP contribution >= 0.6 is 23.4 Å². The van der Waals surface area contributed by atoms with E-state index in [9.17, 15) is 4.39 Å². The quantitative estimate of drug-likeness (QED) is 0.774. The van der Waals surface area contributed by atoms with E-state index in [1.807, 2.05) is 11.8 Å². The molecule has 0 aliphatic carbocycles.